The molecular formula is C29H39N3O5. The zero-order valence-electron chi connectivity index (χ0n) is 22.1. The van der Waals surface area contributed by atoms with Crippen molar-refractivity contribution in [3.63, 3.8) is 0 Å². The largest absolute Gasteiger partial charge is 0.394 e. The van der Waals surface area contributed by atoms with Crippen molar-refractivity contribution < 1.29 is 24.2 Å². The van der Waals surface area contributed by atoms with Crippen LogP contribution in [0.5, 0.6) is 0 Å². The van der Waals surface area contributed by atoms with E-state index in [4.69, 9.17) is 4.74 Å². The molecule has 200 valence electrons. The maximum Gasteiger partial charge on any atom is 0.249 e. The third-order valence-electron chi connectivity index (χ3n) is 8.45. The molecule has 37 heavy (non-hydrogen) atoms. The van der Waals surface area contributed by atoms with Crippen molar-refractivity contribution in [2.45, 2.75) is 62.9 Å². The number of nitrogens with zero attached hydrogens (tertiary/aromatic N) is 3. The Morgan fingerprint density at radius 3 is 2.46 bits per heavy atom. The Labute approximate surface area is 219 Å². The summed E-state index contributed by atoms with van der Waals surface area (Å²) in [5.41, 5.74) is -1.02. The highest BCUT2D eigenvalue weighted by Crippen LogP contribution is 2.63. The number of ether oxygens (including phenoxy) is 1. The highest BCUT2D eigenvalue weighted by Gasteiger charge is 2.78. The zero-order valence-corrected chi connectivity index (χ0v) is 22.1. The maximum atomic E-state index is 14.4. The molecule has 8 nitrogen and oxygen atoms in total. The number of likely N-dealkylation sites (N-methyl/N-ethyl adjacent to an activating group) is 1. The normalized spacial score (nSPS) is 30.6. The fraction of sp³-hybridized carbons (Fsp3) is 0.552. The van der Waals surface area contributed by atoms with Crippen LogP contribution in [0.2, 0.25) is 0 Å². The second-order valence-electron chi connectivity index (χ2n) is 10.7. The summed E-state index contributed by atoms with van der Waals surface area (Å²) in [6.45, 7) is 12.1. The fourth-order valence-corrected chi connectivity index (χ4v) is 6.71. The molecule has 2 bridgehead atoms. The van der Waals surface area contributed by atoms with E-state index in [2.05, 4.69) is 13.2 Å². The third kappa shape index (κ3) is 4.30. The number of benzene rings is 1. The topological polar surface area (TPSA) is 90.4 Å². The number of rotatable bonds is 11. The van der Waals surface area contributed by atoms with Crippen LogP contribution in [0.15, 0.2) is 55.6 Å². The van der Waals surface area contributed by atoms with Gasteiger partial charge < -0.3 is 24.5 Å². The molecular weight excluding hydrogens is 470 g/mol. The monoisotopic (exact) mass is 509 g/mol. The van der Waals surface area contributed by atoms with Crippen LogP contribution in [0.1, 0.15) is 38.7 Å². The zero-order chi connectivity index (χ0) is 27.0. The van der Waals surface area contributed by atoms with Crippen LogP contribution in [0.4, 0.5) is 0 Å². The maximum absolute atomic E-state index is 14.4. The average molecular weight is 510 g/mol. The summed E-state index contributed by atoms with van der Waals surface area (Å²) < 4.78 is 6.69. The molecule has 1 spiro atoms. The minimum atomic E-state index is -1.13. The van der Waals surface area contributed by atoms with Crippen molar-refractivity contribution >= 4 is 17.7 Å². The summed E-state index contributed by atoms with van der Waals surface area (Å²) in [6.07, 6.45) is 4.86. The summed E-state index contributed by atoms with van der Waals surface area (Å²) in [7, 11) is 1.69. The van der Waals surface area contributed by atoms with Crippen molar-refractivity contribution in [2.75, 3.05) is 26.7 Å². The highest BCUT2D eigenvalue weighted by atomic mass is 16.5. The molecule has 0 aromatic heterocycles. The summed E-state index contributed by atoms with van der Waals surface area (Å²) in [6, 6.07) is 8.17. The molecule has 0 radical (unpaired) electrons. The molecule has 3 heterocycles. The number of aliphatic hydroxyl groups excluding tert-OH is 1. The Kier molecular flexibility index (Phi) is 7.62. The van der Waals surface area contributed by atoms with Gasteiger partial charge in [0.1, 0.15) is 11.6 Å². The molecule has 3 fully saturated rings. The Morgan fingerprint density at radius 1 is 1.19 bits per heavy atom. The molecule has 4 rings (SSSR count). The van der Waals surface area contributed by atoms with Gasteiger partial charge in [-0.15, -0.1) is 13.2 Å². The van der Waals surface area contributed by atoms with Gasteiger partial charge in [-0.25, -0.2) is 0 Å². The van der Waals surface area contributed by atoms with E-state index in [1.807, 2.05) is 44.2 Å². The van der Waals surface area contributed by atoms with Crippen molar-refractivity contribution in [3.8, 4) is 0 Å². The van der Waals surface area contributed by atoms with Gasteiger partial charge in [0.2, 0.25) is 17.7 Å². The Bertz CT molecular complexity index is 1060. The van der Waals surface area contributed by atoms with E-state index < -0.39 is 35.1 Å². The minimum Gasteiger partial charge on any atom is -0.394 e. The highest BCUT2D eigenvalue weighted by molar-refractivity contribution is 5.99. The van der Waals surface area contributed by atoms with E-state index in [1.54, 1.807) is 29.0 Å². The number of fused-ring (bicyclic) bond motifs is 1. The summed E-state index contributed by atoms with van der Waals surface area (Å²) in [5.74, 6) is -2.21. The first-order chi connectivity index (χ1) is 17.7. The predicted octanol–water partition coefficient (Wildman–Crippen LogP) is 2.38. The van der Waals surface area contributed by atoms with Gasteiger partial charge in [-0.2, -0.15) is 0 Å². The molecule has 3 saturated heterocycles. The van der Waals surface area contributed by atoms with E-state index in [0.29, 0.717) is 38.9 Å². The van der Waals surface area contributed by atoms with Gasteiger partial charge in [0.25, 0.3) is 0 Å². The number of hydrogen-bond acceptors (Lipinski definition) is 5. The minimum absolute atomic E-state index is 0.181. The fourth-order valence-electron chi connectivity index (χ4n) is 6.71. The average Bonchev–Trinajstić information content (AvgIpc) is 3.45. The van der Waals surface area contributed by atoms with E-state index in [1.165, 1.54) is 4.90 Å². The molecule has 3 aliphatic heterocycles. The molecule has 0 aliphatic carbocycles. The second-order valence-corrected chi connectivity index (χ2v) is 10.7. The molecule has 1 N–H and O–H groups in total. The van der Waals surface area contributed by atoms with E-state index in [9.17, 15) is 19.5 Å². The molecule has 3 amide bonds. The Morgan fingerprint density at radius 2 is 1.86 bits per heavy atom. The van der Waals surface area contributed by atoms with Crippen LogP contribution >= 0.6 is 0 Å². The Balaban J connectivity index is 1.79. The van der Waals surface area contributed by atoms with Crippen LogP contribution < -0.4 is 0 Å². The lowest BCUT2D eigenvalue weighted by molar-refractivity contribution is -0.156. The van der Waals surface area contributed by atoms with Crippen LogP contribution in [-0.2, 0) is 25.7 Å². The van der Waals surface area contributed by atoms with Gasteiger partial charge in [-0.3, -0.25) is 14.4 Å². The van der Waals surface area contributed by atoms with E-state index >= 15 is 0 Å². The van der Waals surface area contributed by atoms with Gasteiger partial charge in [0, 0.05) is 26.7 Å². The van der Waals surface area contributed by atoms with Gasteiger partial charge in [-0.05, 0) is 31.7 Å². The summed E-state index contributed by atoms with van der Waals surface area (Å²) in [5, 5.41) is 10.2. The van der Waals surface area contributed by atoms with Crippen molar-refractivity contribution in [3.05, 3.63) is 61.2 Å². The molecule has 0 saturated carbocycles. The van der Waals surface area contributed by atoms with Crippen LogP contribution in [0.3, 0.4) is 0 Å². The van der Waals surface area contributed by atoms with Gasteiger partial charge >= 0.3 is 0 Å². The summed E-state index contributed by atoms with van der Waals surface area (Å²) >= 11 is 0. The number of hydrogen-bond donors (Lipinski definition) is 1. The number of carbonyl (C=O) groups excluding carboxylic acids is 3. The third-order valence-corrected chi connectivity index (χ3v) is 8.45. The molecule has 1 aromatic rings. The number of aliphatic hydroxyl groups is 1. The smallest absolute Gasteiger partial charge is 0.249 e. The first kappa shape index (κ1) is 27.1. The molecule has 8 heteroatoms. The first-order valence-electron chi connectivity index (χ1n) is 13.1. The molecule has 2 unspecified atom stereocenters. The van der Waals surface area contributed by atoms with Gasteiger partial charge in [-0.1, -0.05) is 49.4 Å². The quantitative estimate of drug-likeness (QED) is 0.463. The molecule has 3 aliphatic rings. The predicted molar refractivity (Wildman–Crippen MR) is 140 cm³/mol. The van der Waals surface area contributed by atoms with Gasteiger partial charge in [0.05, 0.1) is 30.1 Å². The number of carbonyl (C=O) groups is 3. The molecule has 6 atom stereocenters. The van der Waals surface area contributed by atoms with Crippen LogP contribution in [-0.4, -0.2) is 87.6 Å². The first-order valence-corrected chi connectivity index (χ1v) is 13.1. The van der Waals surface area contributed by atoms with E-state index in [-0.39, 0.29) is 24.3 Å². The standard InChI is InChI=1S/C29H39N3O5/c1-6-16-30(5)25(34)22-23-26(35)32(21(8-3)19-33)24(29(23)15-14-28(22,4)37-29)27(36)31(17-7-2)18-20-12-10-9-11-13-20/h6-7,9-13,21-24,33H,1-2,8,14-19H2,3-5H3/t21-,22-,23-,24?,28+,29?/m0/s1. The van der Waals surface area contributed by atoms with Gasteiger partial charge in [0.15, 0.2) is 0 Å². The van der Waals surface area contributed by atoms with Crippen molar-refractivity contribution in [1.29, 1.82) is 0 Å². The lowest BCUT2D eigenvalue weighted by atomic mass is 9.66. The van der Waals surface area contributed by atoms with Crippen LogP contribution in [0.25, 0.3) is 0 Å². The summed E-state index contributed by atoms with van der Waals surface area (Å²) in [4.78, 5) is 47.0. The lowest BCUT2D eigenvalue weighted by Gasteiger charge is -2.39. The van der Waals surface area contributed by atoms with Crippen molar-refractivity contribution in [2.24, 2.45) is 11.8 Å². The lowest BCUT2D eigenvalue weighted by Crippen LogP contribution is -2.58. The number of likely N-dealkylation sites (tertiary alicyclic amines) is 1. The van der Waals surface area contributed by atoms with Crippen molar-refractivity contribution in [1.82, 2.24) is 14.7 Å². The number of amides is 3. The second kappa shape index (κ2) is 10.4. The van der Waals surface area contributed by atoms with E-state index in [0.717, 1.165) is 5.56 Å². The Hall–Kier alpha value is -2.97. The SMILES string of the molecule is C=CCN(C)C(=O)[C@@H]1[C@H]2C(=O)N([C@@H](CC)CO)C(C(=O)N(CC=C)Cc3ccccc3)C23CC[C@@]1(C)O3. The molecule has 1 aromatic carbocycles. The van der Waals surface area contributed by atoms with Crippen LogP contribution in [0, 0.1) is 11.8 Å².